The summed E-state index contributed by atoms with van der Waals surface area (Å²) in [6.07, 6.45) is 0. The largest absolute Gasteiger partial charge is 0.484 e. The van der Waals surface area contributed by atoms with Crippen LogP contribution in [0.1, 0.15) is 0 Å². The Hall–Kier alpha value is -2.64. The van der Waals surface area contributed by atoms with Gasteiger partial charge in [-0.1, -0.05) is 29.3 Å². The fourth-order valence-electron chi connectivity index (χ4n) is 1.98. The molecule has 2 aromatic carbocycles. The fraction of sp³-hybridized carbons (Fsp3) is 0.0667. The lowest BCUT2D eigenvalue weighted by molar-refractivity contribution is -0.118. The van der Waals surface area contributed by atoms with Crippen molar-refractivity contribution in [2.45, 2.75) is 0 Å². The molecule has 24 heavy (non-hydrogen) atoms. The molecule has 3 rings (SSSR count). The Bertz CT molecular complexity index is 855. The molecule has 0 radical (unpaired) electrons. The second kappa shape index (κ2) is 7.29. The summed E-state index contributed by atoms with van der Waals surface area (Å²) in [7, 11) is 0. The molecule has 1 heterocycles. The van der Waals surface area contributed by atoms with E-state index in [1.54, 1.807) is 42.5 Å². The maximum absolute atomic E-state index is 12.1. The van der Waals surface area contributed by atoms with Gasteiger partial charge in [0.2, 0.25) is 5.82 Å². The van der Waals surface area contributed by atoms with Crippen molar-refractivity contribution in [1.29, 1.82) is 0 Å². The highest BCUT2D eigenvalue weighted by molar-refractivity contribution is 6.31. The van der Waals surface area contributed by atoms with Gasteiger partial charge >= 0.3 is 0 Å². The van der Waals surface area contributed by atoms with Crippen LogP contribution in [0.2, 0.25) is 10.0 Å². The lowest BCUT2D eigenvalue weighted by atomic mass is 10.1. The normalized spacial score (nSPS) is 10.4. The van der Waals surface area contributed by atoms with E-state index >= 15 is 0 Å². The third-order valence-electron chi connectivity index (χ3n) is 3.01. The number of hydrogen-bond acceptors (Lipinski definition) is 5. The van der Waals surface area contributed by atoms with Crippen LogP contribution in [0.25, 0.3) is 11.4 Å². The number of benzene rings is 2. The predicted octanol–water partition coefficient (Wildman–Crippen LogP) is 3.19. The van der Waals surface area contributed by atoms with Gasteiger partial charge in [-0.25, -0.2) is 0 Å². The number of rotatable bonds is 5. The van der Waals surface area contributed by atoms with Crippen molar-refractivity contribution in [2.24, 2.45) is 0 Å². The molecule has 0 saturated heterocycles. The Morgan fingerprint density at radius 2 is 2.00 bits per heavy atom. The minimum Gasteiger partial charge on any atom is -0.484 e. The van der Waals surface area contributed by atoms with Crippen molar-refractivity contribution in [1.82, 2.24) is 20.6 Å². The predicted molar refractivity (Wildman–Crippen MR) is 90.2 cm³/mol. The minimum atomic E-state index is -0.359. The first-order valence-corrected chi connectivity index (χ1v) is 7.59. The van der Waals surface area contributed by atoms with E-state index in [2.05, 4.69) is 25.9 Å². The first-order chi connectivity index (χ1) is 11.6. The molecule has 0 aliphatic heterocycles. The molecule has 7 nitrogen and oxygen atoms in total. The zero-order chi connectivity index (χ0) is 16.9. The van der Waals surface area contributed by atoms with Crippen LogP contribution in [-0.2, 0) is 4.79 Å². The molecule has 0 saturated carbocycles. The third kappa shape index (κ3) is 4.01. The van der Waals surface area contributed by atoms with Gasteiger partial charge in [-0.05, 0) is 41.6 Å². The number of halogens is 2. The molecule has 1 aromatic heterocycles. The first kappa shape index (κ1) is 16.2. The van der Waals surface area contributed by atoms with Gasteiger partial charge in [-0.2, -0.15) is 5.21 Å². The lowest BCUT2D eigenvalue weighted by Crippen LogP contribution is -2.20. The number of nitrogens with one attached hydrogen (secondary N) is 2. The molecule has 2 N–H and O–H groups in total. The van der Waals surface area contributed by atoms with E-state index in [-0.39, 0.29) is 12.5 Å². The smallest absolute Gasteiger partial charge is 0.262 e. The van der Waals surface area contributed by atoms with Crippen LogP contribution in [0, 0.1) is 0 Å². The quantitative estimate of drug-likeness (QED) is 0.725. The first-order valence-electron chi connectivity index (χ1n) is 6.83. The van der Waals surface area contributed by atoms with E-state index in [0.29, 0.717) is 32.9 Å². The molecule has 0 aliphatic rings. The Kier molecular flexibility index (Phi) is 4.93. The summed E-state index contributed by atoms with van der Waals surface area (Å²) in [5.74, 6) is 0.488. The van der Waals surface area contributed by atoms with Crippen molar-refractivity contribution >= 4 is 34.8 Å². The van der Waals surface area contributed by atoms with Crippen molar-refractivity contribution in [2.75, 3.05) is 11.9 Å². The Morgan fingerprint density at radius 1 is 1.17 bits per heavy atom. The third-order valence-corrected chi connectivity index (χ3v) is 3.48. The highest BCUT2D eigenvalue weighted by Crippen LogP contribution is 2.28. The second-order valence-corrected chi connectivity index (χ2v) is 5.59. The number of H-pyrrole nitrogens is 1. The van der Waals surface area contributed by atoms with Gasteiger partial charge in [0.15, 0.2) is 6.61 Å². The van der Waals surface area contributed by atoms with Crippen LogP contribution in [0.3, 0.4) is 0 Å². The number of aromatic nitrogens is 4. The molecular formula is C15H11Cl2N5O2. The number of carbonyl (C=O) groups excluding carboxylic acids is 1. The van der Waals surface area contributed by atoms with Gasteiger partial charge in [0, 0.05) is 15.6 Å². The fourth-order valence-corrected chi connectivity index (χ4v) is 2.34. The summed E-state index contributed by atoms with van der Waals surface area (Å²) >= 11 is 11.9. The molecule has 1 amide bonds. The van der Waals surface area contributed by atoms with Crippen LogP contribution in [0.5, 0.6) is 5.75 Å². The standard InChI is InChI=1S/C15H11Cl2N5O2/c16-9-2-1-3-11(6-9)24-8-14(23)18-13-7-10(17)4-5-12(13)15-19-21-22-20-15/h1-7H,8H2,(H,18,23)(H,19,20,21,22). The number of tetrazole rings is 1. The number of aromatic amines is 1. The van der Waals surface area contributed by atoms with Crippen LogP contribution in [-0.4, -0.2) is 33.1 Å². The van der Waals surface area contributed by atoms with E-state index in [1.807, 2.05) is 0 Å². The van der Waals surface area contributed by atoms with E-state index in [4.69, 9.17) is 27.9 Å². The molecule has 3 aromatic rings. The van der Waals surface area contributed by atoms with E-state index < -0.39 is 0 Å². The summed E-state index contributed by atoms with van der Waals surface area (Å²) in [6.45, 7) is -0.182. The highest BCUT2D eigenvalue weighted by Gasteiger charge is 2.13. The summed E-state index contributed by atoms with van der Waals surface area (Å²) in [5.41, 5.74) is 1.05. The molecule has 122 valence electrons. The van der Waals surface area contributed by atoms with Gasteiger partial charge in [0.25, 0.3) is 5.91 Å². The zero-order valence-electron chi connectivity index (χ0n) is 12.2. The second-order valence-electron chi connectivity index (χ2n) is 4.72. The number of carbonyl (C=O) groups is 1. The molecule has 0 atom stereocenters. The number of amides is 1. The summed E-state index contributed by atoms with van der Waals surface area (Å²) in [4.78, 5) is 12.1. The Morgan fingerprint density at radius 3 is 2.75 bits per heavy atom. The molecule has 0 unspecified atom stereocenters. The van der Waals surface area contributed by atoms with Crippen LogP contribution in [0.4, 0.5) is 5.69 Å². The summed E-state index contributed by atoms with van der Waals surface area (Å²) in [5, 5.41) is 17.4. The monoisotopic (exact) mass is 363 g/mol. The maximum Gasteiger partial charge on any atom is 0.262 e. The highest BCUT2D eigenvalue weighted by atomic mass is 35.5. The van der Waals surface area contributed by atoms with Gasteiger partial charge in [-0.15, -0.1) is 10.2 Å². The van der Waals surface area contributed by atoms with Crippen LogP contribution < -0.4 is 10.1 Å². The van der Waals surface area contributed by atoms with Crippen molar-refractivity contribution in [3.63, 3.8) is 0 Å². The summed E-state index contributed by atoms with van der Waals surface area (Å²) < 4.78 is 5.40. The van der Waals surface area contributed by atoms with E-state index in [1.165, 1.54) is 0 Å². The zero-order valence-corrected chi connectivity index (χ0v) is 13.7. The SMILES string of the molecule is O=C(COc1cccc(Cl)c1)Nc1cc(Cl)ccc1-c1nn[nH]n1. The maximum atomic E-state index is 12.1. The Labute approximate surface area is 146 Å². The van der Waals surface area contributed by atoms with E-state index in [0.717, 1.165) is 0 Å². The molecular weight excluding hydrogens is 353 g/mol. The van der Waals surface area contributed by atoms with Gasteiger partial charge in [0.1, 0.15) is 5.75 Å². The summed E-state index contributed by atoms with van der Waals surface area (Å²) in [6, 6.07) is 11.8. The van der Waals surface area contributed by atoms with Crippen molar-refractivity contribution < 1.29 is 9.53 Å². The number of ether oxygens (including phenoxy) is 1. The lowest BCUT2D eigenvalue weighted by Gasteiger charge is -2.10. The van der Waals surface area contributed by atoms with Gasteiger partial charge in [-0.3, -0.25) is 4.79 Å². The van der Waals surface area contributed by atoms with Crippen LogP contribution in [0.15, 0.2) is 42.5 Å². The number of anilines is 1. The van der Waals surface area contributed by atoms with Gasteiger partial charge < -0.3 is 10.1 Å². The molecule has 0 fully saturated rings. The number of hydrogen-bond donors (Lipinski definition) is 2. The average molecular weight is 364 g/mol. The van der Waals surface area contributed by atoms with Crippen molar-refractivity contribution in [3.8, 4) is 17.1 Å². The number of nitrogens with zero attached hydrogens (tertiary/aromatic N) is 3. The topological polar surface area (TPSA) is 92.8 Å². The van der Waals surface area contributed by atoms with Crippen molar-refractivity contribution in [3.05, 3.63) is 52.5 Å². The average Bonchev–Trinajstić information content (AvgIpc) is 3.07. The van der Waals surface area contributed by atoms with Gasteiger partial charge in [0.05, 0.1) is 5.69 Å². The van der Waals surface area contributed by atoms with Crippen LogP contribution >= 0.6 is 23.2 Å². The molecule has 9 heteroatoms. The minimum absolute atomic E-state index is 0.182. The molecule has 0 spiro atoms. The molecule has 0 bridgehead atoms. The molecule has 0 aliphatic carbocycles. The van der Waals surface area contributed by atoms with E-state index in [9.17, 15) is 4.79 Å². The Balaban J connectivity index is 1.71.